The molecule has 1 amide bonds. The highest BCUT2D eigenvalue weighted by Gasteiger charge is 2.17. The lowest BCUT2D eigenvalue weighted by Crippen LogP contribution is -2.33. The summed E-state index contributed by atoms with van der Waals surface area (Å²) in [6.07, 6.45) is 4.18. The van der Waals surface area contributed by atoms with Gasteiger partial charge in [0.25, 0.3) is 0 Å². The Bertz CT molecular complexity index is 646. The summed E-state index contributed by atoms with van der Waals surface area (Å²) in [6, 6.07) is 7.77. The molecule has 0 aliphatic rings. The highest BCUT2D eigenvalue weighted by Crippen LogP contribution is 2.23. The lowest BCUT2D eigenvalue weighted by Gasteiger charge is -2.20. The van der Waals surface area contributed by atoms with E-state index in [1.54, 1.807) is 0 Å². The minimum atomic E-state index is -3.28. The highest BCUT2D eigenvalue weighted by atomic mass is 32.2. The fourth-order valence-corrected chi connectivity index (χ4v) is 3.37. The van der Waals surface area contributed by atoms with Crippen molar-refractivity contribution < 1.29 is 13.2 Å². The average molecular weight is 369 g/mol. The largest absolute Gasteiger partial charge is 0.326 e. The first-order chi connectivity index (χ1) is 11.5. The molecule has 6 heteroatoms. The van der Waals surface area contributed by atoms with E-state index in [1.807, 2.05) is 24.3 Å². The first-order valence-corrected chi connectivity index (χ1v) is 10.7. The molecule has 5 nitrogen and oxygen atoms in total. The van der Waals surface area contributed by atoms with Crippen LogP contribution in [-0.4, -0.2) is 38.0 Å². The molecule has 0 aromatic heterocycles. The molecule has 1 aromatic carbocycles. The molecule has 0 aliphatic carbocycles. The Morgan fingerprint density at radius 3 is 2.16 bits per heavy atom. The lowest BCUT2D eigenvalue weighted by atomic mass is 9.87. The molecule has 0 aliphatic heterocycles. The summed E-state index contributed by atoms with van der Waals surface area (Å²) in [6.45, 7) is 9.18. The van der Waals surface area contributed by atoms with Crippen molar-refractivity contribution in [2.45, 2.75) is 58.8 Å². The zero-order valence-corrected chi connectivity index (χ0v) is 16.9. The molecule has 0 spiro atoms. The number of anilines is 1. The molecule has 0 saturated heterocycles. The van der Waals surface area contributed by atoms with Crippen molar-refractivity contribution in [3.05, 3.63) is 29.8 Å². The van der Waals surface area contributed by atoms with Gasteiger partial charge in [-0.1, -0.05) is 52.7 Å². The Morgan fingerprint density at radius 2 is 1.68 bits per heavy atom. The summed E-state index contributed by atoms with van der Waals surface area (Å²) >= 11 is 0. The van der Waals surface area contributed by atoms with E-state index in [0.29, 0.717) is 6.54 Å². The number of unbranched alkanes of at least 4 members (excludes halogenated alkanes) is 2. The highest BCUT2D eigenvalue weighted by molar-refractivity contribution is 7.88. The number of hydrogen-bond acceptors (Lipinski definition) is 3. The quantitative estimate of drug-likeness (QED) is 0.675. The number of nitrogens with one attached hydrogen (secondary N) is 1. The van der Waals surface area contributed by atoms with E-state index in [-0.39, 0.29) is 24.3 Å². The van der Waals surface area contributed by atoms with Gasteiger partial charge in [0, 0.05) is 25.2 Å². The fourth-order valence-electron chi connectivity index (χ4n) is 2.48. The maximum absolute atomic E-state index is 12.1. The first-order valence-electron chi connectivity index (χ1n) is 8.89. The number of nitrogens with zero attached hydrogens (tertiary/aromatic N) is 1. The second kappa shape index (κ2) is 9.34. The van der Waals surface area contributed by atoms with Crippen molar-refractivity contribution in [2.24, 2.45) is 0 Å². The molecule has 0 bridgehead atoms. The molecule has 0 fully saturated rings. The molecule has 0 atom stereocenters. The van der Waals surface area contributed by atoms with Crippen molar-refractivity contribution in [2.75, 3.05) is 24.7 Å². The van der Waals surface area contributed by atoms with Crippen molar-refractivity contribution in [1.82, 2.24) is 4.31 Å². The van der Waals surface area contributed by atoms with Gasteiger partial charge in [-0.25, -0.2) is 12.7 Å². The van der Waals surface area contributed by atoms with E-state index in [4.69, 9.17) is 0 Å². The Labute approximate surface area is 152 Å². The monoisotopic (exact) mass is 368 g/mol. The molecule has 0 heterocycles. The summed E-state index contributed by atoms with van der Waals surface area (Å²) in [5.41, 5.74) is 2.00. The van der Waals surface area contributed by atoms with Crippen molar-refractivity contribution in [1.29, 1.82) is 0 Å². The average Bonchev–Trinajstić information content (AvgIpc) is 2.49. The second-order valence-corrected chi connectivity index (χ2v) is 9.48. The molecule has 1 rings (SSSR count). The number of hydrogen-bond donors (Lipinski definition) is 1. The van der Waals surface area contributed by atoms with Gasteiger partial charge in [0.05, 0.1) is 6.26 Å². The summed E-state index contributed by atoms with van der Waals surface area (Å²) in [5, 5.41) is 2.83. The van der Waals surface area contributed by atoms with Gasteiger partial charge in [0.2, 0.25) is 15.9 Å². The van der Waals surface area contributed by atoms with Crippen molar-refractivity contribution in [3.63, 3.8) is 0 Å². The third kappa shape index (κ3) is 8.01. The van der Waals surface area contributed by atoms with Crippen LogP contribution in [0.2, 0.25) is 0 Å². The maximum Gasteiger partial charge on any atom is 0.225 e. The standard InChI is InChI=1S/C19H32N2O3S/c1-6-7-8-14-21(25(5,23)24)15-13-18(22)20-17-11-9-16(10-12-17)19(2,3)4/h9-12H,6-8,13-15H2,1-5H3,(H,20,22). The number of rotatable bonds is 9. The van der Waals surface area contributed by atoms with Crippen LogP contribution in [-0.2, 0) is 20.2 Å². The summed E-state index contributed by atoms with van der Waals surface area (Å²) in [5.74, 6) is -0.173. The minimum absolute atomic E-state index is 0.0665. The van der Waals surface area contributed by atoms with Crippen LogP contribution >= 0.6 is 0 Å². The number of carbonyl (C=O) groups is 1. The van der Waals surface area contributed by atoms with E-state index in [2.05, 4.69) is 33.0 Å². The Morgan fingerprint density at radius 1 is 1.08 bits per heavy atom. The van der Waals surface area contributed by atoms with Gasteiger partial charge in [-0.3, -0.25) is 4.79 Å². The van der Waals surface area contributed by atoms with Crippen LogP contribution < -0.4 is 5.32 Å². The van der Waals surface area contributed by atoms with E-state index >= 15 is 0 Å². The van der Waals surface area contributed by atoms with Crippen molar-refractivity contribution in [3.8, 4) is 0 Å². The van der Waals surface area contributed by atoms with Crippen LogP contribution in [0.3, 0.4) is 0 Å². The smallest absolute Gasteiger partial charge is 0.225 e. The molecule has 0 saturated carbocycles. The SMILES string of the molecule is CCCCCN(CCC(=O)Nc1ccc(C(C)(C)C)cc1)S(C)(=O)=O. The molecule has 1 aromatic rings. The minimum Gasteiger partial charge on any atom is -0.326 e. The normalized spacial score (nSPS) is 12.4. The first kappa shape index (κ1) is 21.6. The summed E-state index contributed by atoms with van der Waals surface area (Å²) in [7, 11) is -3.28. The van der Waals surface area contributed by atoms with Gasteiger partial charge in [-0.15, -0.1) is 0 Å². The number of sulfonamides is 1. The van der Waals surface area contributed by atoms with Gasteiger partial charge in [-0.2, -0.15) is 0 Å². The lowest BCUT2D eigenvalue weighted by molar-refractivity contribution is -0.116. The van der Waals surface area contributed by atoms with Gasteiger partial charge in [-0.05, 0) is 29.5 Å². The molecule has 25 heavy (non-hydrogen) atoms. The predicted molar refractivity (Wildman–Crippen MR) is 104 cm³/mol. The van der Waals surface area contributed by atoms with E-state index in [0.717, 1.165) is 24.9 Å². The zero-order valence-electron chi connectivity index (χ0n) is 16.1. The van der Waals surface area contributed by atoms with Crippen LogP contribution in [0.5, 0.6) is 0 Å². The van der Waals surface area contributed by atoms with Crippen LogP contribution in [0, 0.1) is 0 Å². The maximum atomic E-state index is 12.1. The van der Waals surface area contributed by atoms with Crippen LogP contribution in [0.1, 0.15) is 58.9 Å². The van der Waals surface area contributed by atoms with E-state index in [1.165, 1.54) is 16.1 Å². The predicted octanol–water partition coefficient (Wildman–Crippen LogP) is 3.76. The third-order valence-corrected chi connectivity index (χ3v) is 5.41. The van der Waals surface area contributed by atoms with E-state index < -0.39 is 10.0 Å². The molecular formula is C19H32N2O3S. The van der Waals surface area contributed by atoms with Gasteiger partial charge in [0.1, 0.15) is 0 Å². The zero-order chi connectivity index (χ0) is 19.1. The Hall–Kier alpha value is -1.40. The molecule has 142 valence electrons. The molecule has 1 N–H and O–H groups in total. The van der Waals surface area contributed by atoms with Crippen LogP contribution in [0.4, 0.5) is 5.69 Å². The second-order valence-electron chi connectivity index (χ2n) is 7.49. The number of carbonyl (C=O) groups excluding carboxylic acids is 1. The fraction of sp³-hybridized carbons (Fsp3) is 0.632. The van der Waals surface area contributed by atoms with Crippen molar-refractivity contribution >= 4 is 21.6 Å². The molecular weight excluding hydrogens is 336 g/mol. The third-order valence-electron chi connectivity index (χ3n) is 4.10. The van der Waals surface area contributed by atoms with Gasteiger partial charge < -0.3 is 5.32 Å². The van der Waals surface area contributed by atoms with Gasteiger partial charge >= 0.3 is 0 Å². The molecule has 0 unspecified atom stereocenters. The van der Waals surface area contributed by atoms with Gasteiger partial charge in [0.15, 0.2) is 0 Å². The topological polar surface area (TPSA) is 66.5 Å². The summed E-state index contributed by atoms with van der Waals surface area (Å²) in [4.78, 5) is 12.1. The van der Waals surface area contributed by atoms with Crippen LogP contribution in [0.15, 0.2) is 24.3 Å². The number of amides is 1. The number of benzene rings is 1. The Kier molecular flexibility index (Phi) is 8.09. The van der Waals surface area contributed by atoms with Crippen LogP contribution in [0.25, 0.3) is 0 Å². The Balaban J connectivity index is 2.57. The van der Waals surface area contributed by atoms with E-state index in [9.17, 15) is 13.2 Å². The summed E-state index contributed by atoms with van der Waals surface area (Å²) < 4.78 is 25.0. The molecule has 0 radical (unpaired) electrons.